The number of aromatic amines is 1. The lowest BCUT2D eigenvalue weighted by atomic mass is 9.77. The predicted octanol–water partition coefficient (Wildman–Crippen LogP) is 0.630. The van der Waals surface area contributed by atoms with E-state index in [2.05, 4.69) is 4.98 Å². The number of rotatable bonds is 2. The normalized spacial score (nSPS) is 35.8. The number of fused-ring (bicyclic) bond motifs is 9. The standard InChI is InChI=1S/C15H12N2O5S2/c18-8(19)3-17-13(20)9-4-1-6(10(9)14(17)21)11-5(4)2-7-12(24-11)16-15(22)23-7/h2,4,6,9-11H,1,3H2,(H,16,22)(H,18,19)/t4-,6+,9-,10-,11+/m0/s1. The van der Waals surface area contributed by atoms with Crippen molar-refractivity contribution >= 4 is 47.0 Å². The van der Waals surface area contributed by atoms with Crippen molar-refractivity contribution in [2.45, 2.75) is 16.7 Å². The highest BCUT2D eigenvalue weighted by molar-refractivity contribution is 8.00. The molecule has 7 nitrogen and oxygen atoms in total. The maximum atomic E-state index is 12.6. The molecule has 0 aromatic carbocycles. The first-order valence-electron chi connectivity index (χ1n) is 7.64. The maximum absolute atomic E-state index is 12.6. The number of carboxylic acids is 1. The van der Waals surface area contributed by atoms with Gasteiger partial charge < -0.3 is 10.1 Å². The van der Waals surface area contributed by atoms with Crippen molar-refractivity contribution in [1.29, 1.82) is 0 Å². The van der Waals surface area contributed by atoms with Crippen molar-refractivity contribution in [3.05, 3.63) is 20.1 Å². The van der Waals surface area contributed by atoms with E-state index in [1.165, 1.54) is 0 Å². The van der Waals surface area contributed by atoms with Gasteiger partial charge in [-0.15, -0.1) is 0 Å². The number of carbonyl (C=O) groups is 3. The number of amides is 2. The highest BCUT2D eigenvalue weighted by Crippen LogP contribution is 2.64. The number of nitrogens with one attached hydrogen (secondary N) is 1. The quantitative estimate of drug-likeness (QED) is 0.746. The molecule has 3 fully saturated rings. The number of thioether (sulfide) groups is 1. The van der Waals surface area contributed by atoms with Crippen LogP contribution in [0.5, 0.6) is 0 Å². The van der Waals surface area contributed by atoms with Gasteiger partial charge in [-0.05, 0) is 24.3 Å². The van der Waals surface area contributed by atoms with Gasteiger partial charge in [-0.25, -0.2) is 0 Å². The van der Waals surface area contributed by atoms with Gasteiger partial charge in [0.2, 0.25) is 11.8 Å². The van der Waals surface area contributed by atoms with Gasteiger partial charge >= 0.3 is 10.8 Å². The molecule has 4 aliphatic rings. The number of nitrogens with zero attached hydrogens (tertiary/aromatic N) is 1. The second-order valence-electron chi connectivity index (χ2n) is 6.60. The maximum Gasteiger partial charge on any atom is 0.323 e. The molecule has 2 N–H and O–H groups in total. The van der Waals surface area contributed by atoms with E-state index < -0.39 is 24.3 Å². The SMILES string of the molecule is O=C(O)CN1C(=O)[C@@H]2[C@@H](C1=O)[C@H]1C[C@H]2C2=Cc3sc(=O)[nH]c3S[C@H]21. The van der Waals surface area contributed by atoms with Gasteiger partial charge in [-0.3, -0.25) is 24.1 Å². The minimum absolute atomic E-state index is 0.0157. The van der Waals surface area contributed by atoms with Crippen LogP contribution in [0.3, 0.4) is 0 Å². The molecule has 5 rings (SSSR count). The third-order valence-electron chi connectivity index (χ3n) is 5.53. The number of hydrogen-bond donors (Lipinski definition) is 2. The average molecular weight is 364 g/mol. The number of imide groups is 1. The van der Waals surface area contributed by atoms with E-state index >= 15 is 0 Å². The highest BCUT2D eigenvalue weighted by Gasteiger charge is 2.66. The van der Waals surface area contributed by atoms with Crippen molar-refractivity contribution in [3.63, 3.8) is 0 Å². The van der Waals surface area contributed by atoms with Crippen LogP contribution in [0.25, 0.3) is 6.08 Å². The molecule has 5 atom stereocenters. The van der Waals surface area contributed by atoms with Crippen molar-refractivity contribution < 1.29 is 19.5 Å². The summed E-state index contributed by atoms with van der Waals surface area (Å²) >= 11 is 2.72. The minimum Gasteiger partial charge on any atom is -0.480 e. The molecule has 0 unspecified atom stereocenters. The summed E-state index contributed by atoms with van der Waals surface area (Å²) in [7, 11) is 0. The molecule has 3 heterocycles. The Hall–Kier alpha value is -1.87. The van der Waals surface area contributed by atoms with Crippen molar-refractivity contribution in [3.8, 4) is 0 Å². The van der Waals surface area contributed by atoms with Crippen LogP contribution in [-0.2, 0) is 14.4 Å². The summed E-state index contributed by atoms with van der Waals surface area (Å²) in [5, 5.41) is 9.88. The van der Waals surface area contributed by atoms with Crippen LogP contribution in [0.4, 0.5) is 0 Å². The second kappa shape index (κ2) is 4.60. The number of thiazole rings is 1. The monoisotopic (exact) mass is 364 g/mol. The molecule has 1 saturated heterocycles. The van der Waals surface area contributed by atoms with Gasteiger partial charge in [0.1, 0.15) is 6.54 Å². The molecule has 2 bridgehead atoms. The van der Waals surface area contributed by atoms with E-state index in [1.54, 1.807) is 11.8 Å². The third kappa shape index (κ3) is 1.68. The Morgan fingerprint density at radius 3 is 2.79 bits per heavy atom. The molecule has 2 aliphatic heterocycles. The Balaban J connectivity index is 1.55. The molecule has 124 valence electrons. The first-order valence-corrected chi connectivity index (χ1v) is 9.33. The van der Waals surface area contributed by atoms with Crippen molar-refractivity contribution in [2.75, 3.05) is 6.54 Å². The largest absolute Gasteiger partial charge is 0.480 e. The number of likely N-dealkylation sites (tertiary alicyclic amines) is 1. The number of aliphatic carboxylic acids is 1. The van der Waals surface area contributed by atoms with Crippen LogP contribution in [0.15, 0.2) is 15.4 Å². The molecule has 2 aliphatic carbocycles. The molecule has 1 aromatic heterocycles. The van der Waals surface area contributed by atoms with Gasteiger partial charge in [0, 0.05) is 5.25 Å². The van der Waals surface area contributed by atoms with Gasteiger partial charge in [0.15, 0.2) is 0 Å². The average Bonchev–Trinajstić information content (AvgIpc) is 3.21. The molecular weight excluding hydrogens is 352 g/mol. The van der Waals surface area contributed by atoms with E-state index in [-0.39, 0.29) is 33.8 Å². The van der Waals surface area contributed by atoms with E-state index in [9.17, 15) is 19.2 Å². The van der Waals surface area contributed by atoms with E-state index in [0.29, 0.717) is 0 Å². The zero-order valence-corrected chi connectivity index (χ0v) is 13.9. The Kier molecular flexibility index (Phi) is 2.78. The topological polar surface area (TPSA) is 108 Å². The Morgan fingerprint density at radius 2 is 2.04 bits per heavy atom. The van der Waals surface area contributed by atoms with Crippen LogP contribution >= 0.6 is 23.1 Å². The molecule has 1 aromatic rings. The fourth-order valence-electron chi connectivity index (χ4n) is 4.77. The van der Waals surface area contributed by atoms with Crippen LogP contribution in [0.1, 0.15) is 11.3 Å². The van der Waals surface area contributed by atoms with Crippen molar-refractivity contribution in [1.82, 2.24) is 9.88 Å². The van der Waals surface area contributed by atoms with Gasteiger partial charge in [0.05, 0.1) is 21.7 Å². The summed E-state index contributed by atoms with van der Waals surface area (Å²) in [5.41, 5.74) is 1.13. The second-order valence-corrected chi connectivity index (χ2v) is 8.77. The molecule has 0 radical (unpaired) electrons. The third-order valence-corrected chi connectivity index (χ3v) is 7.93. The molecule has 2 saturated carbocycles. The minimum atomic E-state index is -1.17. The zero-order valence-electron chi connectivity index (χ0n) is 12.2. The number of aromatic nitrogens is 1. The fraction of sp³-hybridized carbons (Fsp3) is 0.467. The molecular formula is C15H12N2O5S2. The van der Waals surface area contributed by atoms with Crippen LogP contribution in [0.2, 0.25) is 0 Å². The van der Waals surface area contributed by atoms with Crippen LogP contribution < -0.4 is 4.87 Å². The van der Waals surface area contributed by atoms with Gasteiger partial charge in [-0.2, -0.15) is 0 Å². The fourth-order valence-corrected chi connectivity index (χ4v) is 7.21. The Morgan fingerprint density at radius 1 is 1.29 bits per heavy atom. The molecule has 2 amide bonds. The van der Waals surface area contributed by atoms with Gasteiger partial charge in [-0.1, -0.05) is 28.7 Å². The highest BCUT2D eigenvalue weighted by atomic mass is 32.2. The zero-order chi connectivity index (χ0) is 16.7. The summed E-state index contributed by atoms with van der Waals surface area (Å²) in [6.45, 7) is -0.554. The summed E-state index contributed by atoms with van der Waals surface area (Å²) in [6.07, 6.45) is 2.79. The summed E-state index contributed by atoms with van der Waals surface area (Å²) in [5.74, 6) is -2.69. The van der Waals surface area contributed by atoms with Crippen molar-refractivity contribution in [2.24, 2.45) is 23.7 Å². The number of H-pyrrole nitrogens is 1. The summed E-state index contributed by atoms with van der Waals surface area (Å²) in [4.78, 5) is 52.2. The molecule has 0 spiro atoms. The van der Waals surface area contributed by atoms with Gasteiger partial charge in [0.25, 0.3) is 0 Å². The summed E-state index contributed by atoms with van der Waals surface area (Å²) < 4.78 is 0. The lowest BCUT2D eigenvalue weighted by molar-refractivity contribution is -0.149. The Labute approximate surface area is 143 Å². The van der Waals surface area contributed by atoms with Crippen LogP contribution in [-0.4, -0.2) is 44.6 Å². The lowest BCUT2D eigenvalue weighted by Gasteiger charge is -2.32. The smallest absolute Gasteiger partial charge is 0.323 e. The number of carboxylic acid groups (broad SMARTS) is 1. The predicted molar refractivity (Wildman–Crippen MR) is 85.5 cm³/mol. The Bertz CT molecular complexity index is 900. The number of carbonyl (C=O) groups excluding carboxylic acids is 2. The molecule has 24 heavy (non-hydrogen) atoms. The van der Waals surface area contributed by atoms with E-state index in [1.807, 2.05) is 6.08 Å². The van der Waals surface area contributed by atoms with E-state index in [0.717, 1.165) is 38.1 Å². The van der Waals surface area contributed by atoms with Crippen LogP contribution in [0, 0.1) is 23.7 Å². The number of hydrogen-bond acceptors (Lipinski definition) is 6. The first kappa shape index (κ1) is 14.5. The van der Waals surface area contributed by atoms with E-state index in [4.69, 9.17) is 5.11 Å². The molecule has 9 heteroatoms. The lowest BCUT2D eigenvalue weighted by Crippen LogP contribution is -2.37. The summed E-state index contributed by atoms with van der Waals surface area (Å²) in [6, 6.07) is 0. The first-order chi connectivity index (χ1) is 11.5.